The van der Waals surface area contributed by atoms with Crippen molar-refractivity contribution in [3.05, 3.63) is 41.0 Å². The number of carboxylic acids is 1. The second-order valence-electron chi connectivity index (χ2n) is 4.69. The quantitative estimate of drug-likeness (QED) is 0.905. The fourth-order valence-electron chi connectivity index (χ4n) is 1.82. The van der Waals surface area contributed by atoms with Gasteiger partial charge in [0.25, 0.3) is 0 Å². The van der Waals surface area contributed by atoms with Gasteiger partial charge in [-0.3, -0.25) is 0 Å². The third kappa shape index (κ3) is 2.72. The number of carbonyl (C=O) groups is 1. The lowest BCUT2D eigenvalue weighted by Gasteiger charge is -2.07. The third-order valence-corrected chi connectivity index (χ3v) is 3.34. The highest BCUT2D eigenvalue weighted by molar-refractivity contribution is 6.32. The summed E-state index contributed by atoms with van der Waals surface area (Å²) >= 11 is 6.12. The van der Waals surface area contributed by atoms with Gasteiger partial charge in [0.2, 0.25) is 5.95 Å². The number of anilines is 1. The predicted octanol–water partition coefficient (Wildman–Crippen LogP) is 3.07. The monoisotopic (exact) mass is 289 g/mol. The Bertz CT molecular complexity index is 654. The van der Waals surface area contributed by atoms with Gasteiger partial charge >= 0.3 is 5.97 Å². The first-order valence-electron chi connectivity index (χ1n) is 6.26. The van der Waals surface area contributed by atoms with Crippen molar-refractivity contribution in [2.45, 2.75) is 18.9 Å². The van der Waals surface area contributed by atoms with E-state index in [2.05, 4.69) is 15.3 Å². The molecular formula is C14H12ClN3O2. The summed E-state index contributed by atoms with van der Waals surface area (Å²) in [6, 6.07) is 6.91. The van der Waals surface area contributed by atoms with Crippen molar-refractivity contribution < 1.29 is 9.90 Å². The maximum atomic E-state index is 10.8. The molecule has 6 heteroatoms. The lowest BCUT2D eigenvalue weighted by atomic mass is 10.1. The molecule has 2 aromatic rings. The number of nitrogens with zero attached hydrogens (tertiary/aromatic N) is 2. The van der Waals surface area contributed by atoms with Crippen LogP contribution in [-0.4, -0.2) is 27.1 Å². The lowest BCUT2D eigenvalue weighted by molar-refractivity contribution is 0.0697. The molecule has 0 radical (unpaired) electrons. The van der Waals surface area contributed by atoms with Crippen LogP contribution in [0.1, 0.15) is 23.2 Å². The van der Waals surface area contributed by atoms with Crippen LogP contribution in [-0.2, 0) is 0 Å². The number of rotatable bonds is 4. The van der Waals surface area contributed by atoms with E-state index in [4.69, 9.17) is 16.7 Å². The molecule has 1 aromatic heterocycles. The maximum absolute atomic E-state index is 10.8. The summed E-state index contributed by atoms with van der Waals surface area (Å²) in [4.78, 5) is 19.4. The molecule has 0 unspecified atom stereocenters. The molecule has 0 atom stereocenters. The summed E-state index contributed by atoms with van der Waals surface area (Å²) in [5, 5.41) is 12.5. The van der Waals surface area contributed by atoms with E-state index in [1.165, 1.54) is 12.1 Å². The topological polar surface area (TPSA) is 75.1 Å². The number of aromatic carboxylic acids is 1. The van der Waals surface area contributed by atoms with E-state index in [1.54, 1.807) is 18.3 Å². The van der Waals surface area contributed by atoms with Gasteiger partial charge in [-0.15, -0.1) is 0 Å². The smallest absolute Gasteiger partial charge is 0.335 e. The van der Waals surface area contributed by atoms with Gasteiger partial charge in [0.15, 0.2) is 0 Å². The van der Waals surface area contributed by atoms with E-state index in [0.717, 1.165) is 18.4 Å². The van der Waals surface area contributed by atoms with Crippen LogP contribution < -0.4 is 5.32 Å². The van der Waals surface area contributed by atoms with Crippen LogP contribution in [0, 0.1) is 0 Å². The van der Waals surface area contributed by atoms with E-state index in [-0.39, 0.29) is 5.56 Å². The van der Waals surface area contributed by atoms with Crippen LogP contribution in [0.5, 0.6) is 0 Å². The van der Waals surface area contributed by atoms with Crippen LogP contribution in [0.2, 0.25) is 5.02 Å². The molecule has 1 aromatic carbocycles. The summed E-state index contributed by atoms with van der Waals surface area (Å²) in [6.45, 7) is 0. The molecule has 0 aliphatic heterocycles. The molecule has 1 fully saturated rings. The van der Waals surface area contributed by atoms with Crippen LogP contribution in [0.25, 0.3) is 11.3 Å². The van der Waals surface area contributed by atoms with Crippen molar-refractivity contribution in [1.29, 1.82) is 0 Å². The molecule has 0 spiro atoms. The van der Waals surface area contributed by atoms with E-state index < -0.39 is 5.97 Å². The minimum atomic E-state index is -0.957. The van der Waals surface area contributed by atoms with Gasteiger partial charge in [-0.25, -0.2) is 14.8 Å². The molecule has 0 bridgehead atoms. The van der Waals surface area contributed by atoms with Crippen molar-refractivity contribution in [2.75, 3.05) is 5.32 Å². The van der Waals surface area contributed by atoms with Crippen molar-refractivity contribution in [2.24, 2.45) is 0 Å². The summed E-state index contributed by atoms with van der Waals surface area (Å²) in [5.41, 5.74) is 1.60. The standard InChI is InChI=1S/C14H12ClN3O2/c15-11-7-16-14(17-10-5-6-10)18-12(11)8-1-3-9(4-2-8)13(19)20/h1-4,7,10H,5-6H2,(H,19,20)(H,16,17,18). The SMILES string of the molecule is O=C(O)c1ccc(-c2nc(NC3CC3)ncc2Cl)cc1. The van der Waals surface area contributed by atoms with Gasteiger partial charge in [-0.1, -0.05) is 23.7 Å². The maximum Gasteiger partial charge on any atom is 0.335 e. The Morgan fingerprint density at radius 3 is 2.60 bits per heavy atom. The Kier molecular flexibility index (Phi) is 3.28. The van der Waals surface area contributed by atoms with Gasteiger partial charge in [-0.05, 0) is 25.0 Å². The second kappa shape index (κ2) is 5.09. The van der Waals surface area contributed by atoms with Gasteiger partial charge in [0, 0.05) is 11.6 Å². The Labute approximate surface area is 120 Å². The van der Waals surface area contributed by atoms with Gasteiger partial charge < -0.3 is 10.4 Å². The number of nitrogens with one attached hydrogen (secondary N) is 1. The molecule has 20 heavy (non-hydrogen) atoms. The highest BCUT2D eigenvalue weighted by Crippen LogP contribution is 2.28. The minimum Gasteiger partial charge on any atom is -0.478 e. The second-order valence-corrected chi connectivity index (χ2v) is 5.10. The molecule has 0 saturated heterocycles. The fourth-order valence-corrected chi connectivity index (χ4v) is 2.02. The Balaban J connectivity index is 1.92. The zero-order valence-electron chi connectivity index (χ0n) is 10.5. The molecule has 1 saturated carbocycles. The van der Waals surface area contributed by atoms with Gasteiger partial charge in [-0.2, -0.15) is 0 Å². The van der Waals surface area contributed by atoms with Gasteiger partial charge in [0.05, 0.1) is 22.5 Å². The molecule has 102 valence electrons. The molecule has 0 amide bonds. The van der Waals surface area contributed by atoms with Crippen molar-refractivity contribution in [3.8, 4) is 11.3 Å². The molecule has 3 rings (SSSR count). The molecule has 1 heterocycles. The minimum absolute atomic E-state index is 0.232. The summed E-state index contributed by atoms with van der Waals surface area (Å²) in [6.07, 6.45) is 3.82. The molecule has 2 N–H and O–H groups in total. The molecule has 1 aliphatic carbocycles. The first-order chi connectivity index (χ1) is 9.63. The Hall–Kier alpha value is -2.14. The third-order valence-electron chi connectivity index (χ3n) is 3.06. The van der Waals surface area contributed by atoms with E-state index >= 15 is 0 Å². The number of hydrogen-bond acceptors (Lipinski definition) is 4. The summed E-state index contributed by atoms with van der Waals surface area (Å²) in [5.74, 6) is -0.407. The number of halogens is 1. The molecule has 1 aliphatic rings. The molecule has 5 nitrogen and oxygen atoms in total. The number of aromatic nitrogens is 2. The average molecular weight is 290 g/mol. The predicted molar refractivity (Wildman–Crippen MR) is 76.1 cm³/mol. The number of carboxylic acid groups (broad SMARTS) is 1. The van der Waals surface area contributed by atoms with E-state index in [9.17, 15) is 4.79 Å². The zero-order valence-corrected chi connectivity index (χ0v) is 11.3. The Morgan fingerprint density at radius 1 is 1.30 bits per heavy atom. The Morgan fingerprint density at radius 2 is 2.00 bits per heavy atom. The summed E-state index contributed by atoms with van der Waals surface area (Å²) in [7, 11) is 0. The van der Waals surface area contributed by atoms with Crippen molar-refractivity contribution in [3.63, 3.8) is 0 Å². The van der Waals surface area contributed by atoms with Crippen molar-refractivity contribution >= 4 is 23.5 Å². The van der Waals surface area contributed by atoms with Gasteiger partial charge in [0.1, 0.15) is 0 Å². The van der Waals surface area contributed by atoms with E-state index in [1.807, 2.05) is 0 Å². The first kappa shape index (κ1) is 12.9. The largest absolute Gasteiger partial charge is 0.478 e. The van der Waals surface area contributed by atoms with Crippen LogP contribution in [0.15, 0.2) is 30.5 Å². The fraction of sp³-hybridized carbons (Fsp3) is 0.214. The highest BCUT2D eigenvalue weighted by atomic mass is 35.5. The number of hydrogen-bond donors (Lipinski definition) is 2. The normalized spacial score (nSPS) is 14.1. The summed E-state index contributed by atoms with van der Waals surface area (Å²) < 4.78 is 0. The highest BCUT2D eigenvalue weighted by Gasteiger charge is 2.22. The number of benzene rings is 1. The lowest BCUT2D eigenvalue weighted by Crippen LogP contribution is -2.06. The average Bonchev–Trinajstić information content (AvgIpc) is 3.25. The van der Waals surface area contributed by atoms with Crippen LogP contribution in [0.4, 0.5) is 5.95 Å². The zero-order chi connectivity index (χ0) is 14.1. The van der Waals surface area contributed by atoms with Crippen molar-refractivity contribution in [1.82, 2.24) is 9.97 Å². The van der Waals surface area contributed by atoms with Crippen LogP contribution >= 0.6 is 11.6 Å². The first-order valence-corrected chi connectivity index (χ1v) is 6.64. The van der Waals surface area contributed by atoms with Crippen LogP contribution in [0.3, 0.4) is 0 Å². The van der Waals surface area contributed by atoms with E-state index in [0.29, 0.717) is 22.7 Å². The molecular weight excluding hydrogens is 278 g/mol.